The molecule has 2 aliphatic rings. The quantitative estimate of drug-likeness (QED) is 0.557. The molecule has 35 heavy (non-hydrogen) atoms. The highest BCUT2D eigenvalue weighted by Crippen LogP contribution is 2.41. The van der Waals surface area contributed by atoms with Crippen molar-refractivity contribution in [2.24, 2.45) is 4.99 Å². The zero-order chi connectivity index (χ0) is 24.7. The number of anilines is 1. The summed E-state index contributed by atoms with van der Waals surface area (Å²) in [5, 5.41) is 13.4. The lowest BCUT2D eigenvalue weighted by Crippen LogP contribution is -2.52. The molecular formula is C28H29FN4O2. The number of hydrogen-bond donors (Lipinski definition) is 2. The number of rotatable bonds is 5. The molecule has 7 heteroatoms. The van der Waals surface area contributed by atoms with Gasteiger partial charge in [0.2, 0.25) is 5.91 Å². The van der Waals surface area contributed by atoms with Crippen LogP contribution in [0.2, 0.25) is 0 Å². The number of carbonyl (C=O) groups excluding carboxylic acids is 1. The maximum absolute atomic E-state index is 14.4. The summed E-state index contributed by atoms with van der Waals surface area (Å²) in [6, 6.07) is 15.3. The molecule has 0 aromatic heterocycles. The Morgan fingerprint density at radius 1 is 1.20 bits per heavy atom. The van der Waals surface area contributed by atoms with Gasteiger partial charge in [0.15, 0.2) is 0 Å². The van der Waals surface area contributed by atoms with Crippen LogP contribution in [0.3, 0.4) is 0 Å². The maximum atomic E-state index is 14.4. The van der Waals surface area contributed by atoms with Crippen LogP contribution < -0.4 is 10.2 Å². The van der Waals surface area contributed by atoms with Gasteiger partial charge in [0.1, 0.15) is 17.6 Å². The number of phenols is 1. The summed E-state index contributed by atoms with van der Waals surface area (Å²) in [6.45, 7) is 5.38. The molecule has 1 unspecified atom stereocenters. The Morgan fingerprint density at radius 2 is 2.00 bits per heavy atom. The number of phenolic OH excluding ortho intramolecular Hbond substituents is 1. The predicted octanol–water partition coefficient (Wildman–Crippen LogP) is 4.86. The Labute approximate surface area is 204 Å². The van der Waals surface area contributed by atoms with Gasteiger partial charge in [-0.15, -0.1) is 0 Å². The van der Waals surface area contributed by atoms with E-state index in [1.807, 2.05) is 45.2 Å². The summed E-state index contributed by atoms with van der Waals surface area (Å²) < 4.78 is 14.4. The highest BCUT2D eigenvalue weighted by atomic mass is 19.1. The van der Waals surface area contributed by atoms with E-state index in [4.69, 9.17) is 0 Å². The summed E-state index contributed by atoms with van der Waals surface area (Å²) >= 11 is 0. The highest BCUT2D eigenvalue weighted by Gasteiger charge is 2.36. The van der Waals surface area contributed by atoms with E-state index < -0.39 is 6.04 Å². The fourth-order valence-corrected chi connectivity index (χ4v) is 4.83. The molecule has 2 heterocycles. The minimum absolute atomic E-state index is 0.0845. The third-order valence-corrected chi connectivity index (χ3v) is 6.78. The number of aliphatic imine (C=N–C) groups is 1. The van der Waals surface area contributed by atoms with Crippen LogP contribution in [0.5, 0.6) is 5.75 Å². The molecule has 0 bridgehead atoms. The normalized spacial score (nSPS) is 18.7. The van der Waals surface area contributed by atoms with Crippen molar-refractivity contribution in [3.05, 3.63) is 77.1 Å². The first-order valence-electron chi connectivity index (χ1n) is 11.8. The van der Waals surface area contributed by atoms with Crippen molar-refractivity contribution < 1.29 is 14.3 Å². The molecule has 2 aliphatic heterocycles. The molecule has 6 nitrogen and oxygen atoms in total. The molecule has 180 valence electrons. The van der Waals surface area contributed by atoms with Crippen LogP contribution in [0.1, 0.15) is 29.2 Å². The largest absolute Gasteiger partial charge is 0.508 e. The van der Waals surface area contributed by atoms with Crippen LogP contribution in [-0.2, 0) is 4.79 Å². The first-order valence-corrected chi connectivity index (χ1v) is 11.8. The number of hydrogen-bond acceptors (Lipinski definition) is 5. The average Bonchev–Trinajstić information content (AvgIpc) is 2.79. The highest BCUT2D eigenvalue weighted by molar-refractivity contribution is 5.99. The molecule has 0 radical (unpaired) electrons. The zero-order valence-corrected chi connectivity index (χ0v) is 20.1. The van der Waals surface area contributed by atoms with Gasteiger partial charge in [-0.2, -0.15) is 0 Å². The Balaban J connectivity index is 1.62. The molecule has 5 rings (SSSR count). The molecule has 1 saturated heterocycles. The van der Waals surface area contributed by atoms with Gasteiger partial charge in [0.25, 0.3) is 0 Å². The molecular weight excluding hydrogens is 443 g/mol. The van der Waals surface area contributed by atoms with Crippen molar-refractivity contribution in [3.8, 4) is 16.9 Å². The zero-order valence-electron chi connectivity index (χ0n) is 20.1. The minimum atomic E-state index is -0.703. The number of carbonyl (C=O) groups is 1. The molecule has 2 atom stereocenters. The van der Waals surface area contributed by atoms with Crippen LogP contribution in [0, 0.1) is 19.7 Å². The number of fused-ring (bicyclic) bond motifs is 1. The summed E-state index contributed by atoms with van der Waals surface area (Å²) in [6.07, 6.45) is 2.66. The molecule has 0 saturated carbocycles. The SMILES string of the molecule is Cc1cc(F)cc(N2C=Nc3cc(C)c(-c4cccc(O)c4)cc3C2C(=O)N(C)C[C@@H]2CCN2)c1. The van der Waals surface area contributed by atoms with Gasteiger partial charge in [-0.3, -0.25) is 4.79 Å². The second-order valence-electron chi connectivity index (χ2n) is 9.48. The first kappa shape index (κ1) is 23.1. The Kier molecular flexibility index (Phi) is 6.03. The first-order chi connectivity index (χ1) is 16.8. The lowest BCUT2D eigenvalue weighted by Gasteiger charge is -2.38. The number of benzene rings is 3. The van der Waals surface area contributed by atoms with Crippen LogP contribution in [0.15, 0.2) is 59.6 Å². The van der Waals surface area contributed by atoms with Gasteiger partial charge in [-0.05, 0) is 91.5 Å². The summed E-state index contributed by atoms with van der Waals surface area (Å²) in [5.74, 6) is -0.268. The van der Waals surface area contributed by atoms with Gasteiger partial charge < -0.3 is 20.2 Å². The lowest BCUT2D eigenvalue weighted by molar-refractivity contribution is -0.131. The van der Waals surface area contributed by atoms with Crippen LogP contribution >= 0.6 is 0 Å². The van der Waals surface area contributed by atoms with Crippen LogP contribution in [0.4, 0.5) is 15.8 Å². The second-order valence-corrected chi connectivity index (χ2v) is 9.48. The van der Waals surface area contributed by atoms with Crippen molar-refractivity contribution in [2.45, 2.75) is 32.4 Å². The van der Waals surface area contributed by atoms with Gasteiger partial charge >= 0.3 is 0 Å². The third-order valence-electron chi connectivity index (χ3n) is 6.78. The lowest BCUT2D eigenvalue weighted by atomic mass is 9.91. The Hall–Kier alpha value is -3.71. The van der Waals surface area contributed by atoms with Crippen LogP contribution in [-0.4, -0.2) is 48.4 Å². The van der Waals surface area contributed by atoms with Crippen molar-refractivity contribution >= 4 is 23.6 Å². The molecule has 2 N–H and O–H groups in total. The van der Waals surface area contributed by atoms with Gasteiger partial charge in [0.05, 0.1) is 12.0 Å². The van der Waals surface area contributed by atoms with E-state index in [2.05, 4.69) is 10.3 Å². The molecule has 0 spiro atoms. The molecule has 3 aromatic rings. The third kappa shape index (κ3) is 4.51. The number of aryl methyl sites for hydroxylation is 2. The van der Waals surface area contributed by atoms with E-state index in [-0.39, 0.29) is 23.5 Å². The van der Waals surface area contributed by atoms with E-state index in [0.717, 1.165) is 40.8 Å². The Morgan fingerprint density at radius 3 is 2.69 bits per heavy atom. The smallest absolute Gasteiger partial charge is 0.250 e. The van der Waals surface area contributed by atoms with E-state index in [9.17, 15) is 14.3 Å². The minimum Gasteiger partial charge on any atom is -0.508 e. The van der Waals surface area contributed by atoms with Crippen molar-refractivity contribution in [1.82, 2.24) is 10.2 Å². The molecule has 0 aliphatic carbocycles. The van der Waals surface area contributed by atoms with Crippen molar-refractivity contribution in [1.29, 1.82) is 0 Å². The number of halogens is 1. The van der Waals surface area contributed by atoms with E-state index in [0.29, 0.717) is 17.9 Å². The predicted molar refractivity (Wildman–Crippen MR) is 137 cm³/mol. The van der Waals surface area contributed by atoms with Crippen molar-refractivity contribution in [2.75, 3.05) is 25.0 Å². The average molecular weight is 473 g/mol. The topological polar surface area (TPSA) is 68.2 Å². The molecule has 1 amide bonds. The van der Waals surface area contributed by atoms with E-state index in [1.165, 1.54) is 12.1 Å². The van der Waals surface area contributed by atoms with Gasteiger partial charge in [-0.1, -0.05) is 12.1 Å². The summed E-state index contributed by atoms with van der Waals surface area (Å²) in [7, 11) is 1.81. The van der Waals surface area contributed by atoms with Crippen molar-refractivity contribution in [3.63, 3.8) is 0 Å². The van der Waals surface area contributed by atoms with E-state index >= 15 is 0 Å². The van der Waals surface area contributed by atoms with Crippen LogP contribution in [0.25, 0.3) is 11.1 Å². The Bertz CT molecular complexity index is 1300. The summed E-state index contributed by atoms with van der Waals surface area (Å²) in [4.78, 5) is 22.1. The number of nitrogens with zero attached hydrogens (tertiary/aromatic N) is 3. The number of amides is 1. The molecule has 1 fully saturated rings. The standard InChI is InChI=1S/C28H29FN4O2/c1-17-9-20(29)13-22(10-17)33-16-31-26-11-18(2)24(19-5-4-6-23(34)12-19)14-25(26)27(33)28(35)32(3)15-21-7-8-30-21/h4-6,9-14,16,21,27,30,34H,7-8,15H2,1-3H3/t21-,27?/m0/s1. The monoisotopic (exact) mass is 472 g/mol. The fourth-order valence-electron chi connectivity index (χ4n) is 4.83. The number of nitrogens with one attached hydrogen (secondary N) is 1. The number of likely N-dealkylation sites (N-methyl/N-ethyl adjacent to an activating group) is 1. The number of aromatic hydroxyl groups is 1. The van der Waals surface area contributed by atoms with Gasteiger partial charge in [0, 0.05) is 30.9 Å². The fraction of sp³-hybridized carbons (Fsp3) is 0.286. The molecule has 3 aromatic carbocycles. The van der Waals surface area contributed by atoms with Gasteiger partial charge in [-0.25, -0.2) is 9.38 Å². The summed E-state index contributed by atoms with van der Waals surface area (Å²) in [5.41, 5.74) is 5.55. The second kappa shape index (κ2) is 9.15. The van der Waals surface area contributed by atoms with E-state index in [1.54, 1.807) is 34.3 Å². The maximum Gasteiger partial charge on any atom is 0.250 e.